The first kappa shape index (κ1) is 17.6. The van der Waals surface area contributed by atoms with Gasteiger partial charge in [-0.3, -0.25) is 4.79 Å². The molecule has 1 aromatic heterocycles. The summed E-state index contributed by atoms with van der Waals surface area (Å²) in [5.41, 5.74) is 1.56. The third-order valence-corrected chi connectivity index (χ3v) is 4.64. The molecule has 0 saturated heterocycles. The average molecular weight is 419 g/mol. The fourth-order valence-electron chi connectivity index (χ4n) is 2.16. The molecule has 25 heavy (non-hydrogen) atoms. The van der Waals surface area contributed by atoms with Gasteiger partial charge in [-0.2, -0.15) is 0 Å². The number of halogens is 1. The van der Waals surface area contributed by atoms with Gasteiger partial charge in [-0.15, -0.1) is 0 Å². The third-order valence-electron chi connectivity index (χ3n) is 3.30. The molecule has 0 saturated carbocycles. The number of ether oxygens (including phenoxy) is 1. The van der Waals surface area contributed by atoms with Crippen LogP contribution in [0.25, 0.3) is 11.3 Å². The zero-order valence-electron chi connectivity index (χ0n) is 13.4. The number of hydrogen-bond acceptors (Lipinski definition) is 5. The summed E-state index contributed by atoms with van der Waals surface area (Å²) in [6.45, 7) is 0. The molecule has 0 radical (unpaired) electrons. The van der Waals surface area contributed by atoms with Crippen molar-refractivity contribution in [2.24, 2.45) is 0 Å². The second kappa shape index (κ2) is 8.22. The van der Waals surface area contributed by atoms with Crippen LogP contribution in [0.3, 0.4) is 0 Å². The van der Waals surface area contributed by atoms with E-state index < -0.39 is 0 Å². The Labute approximate surface area is 157 Å². The highest BCUT2D eigenvalue weighted by molar-refractivity contribution is 9.10. The zero-order chi connectivity index (χ0) is 17.6. The molecule has 128 valence electrons. The molecular formula is C18H15BrN2O3S. The molecule has 0 aliphatic heterocycles. The first-order chi connectivity index (χ1) is 12.2. The monoisotopic (exact) mass is 418 g/mol. The van der Waals surface area contributed by atoms with Crippen LogP contribution in [0.2, 0.25) is 0 Å². The van der Waals surface area contributed by atoms with Crippen LogP contribution in [0, 0.1) is 0 Å². The van der Waals surface area contributed by atoms with E-state index in [0.717, 1.165) is 10.0 Å². The summed E-state index contributed by atoms with van der Waals surface area (Å²) >= 11 is 4.67. The second-order valence-electron chi connectivity index (χ2n) is 5.04. The number of anilines is 1. The van der Waals surface area contributed by atoms with Crippen LogP contribution in [-0.2, 0) is 4.79 Å². The minimum absolute atomic E-state index is 0.156. The molecule has 1 heterocycles. The standard InChI is InChI=1S/C18H15BrN2O3S/c1-23-15-8-3-2-7-14(15)21-17(22)11-25-18-20-10-16(24-18)12-5-4-6-13(19)9-12/h2-10H,11H2,1H3,(H,21,22). The maximum absolute atomic E-state index is 12.1. The topological polar surface area (TPSA) is 64.4 Å². The molecule has 0 aliphatic carbocycles. The number of oxazole rings is 1. The van der Waals surface area contributed by atoms with Gasteiger partial charge in [-0.05, 0) is 24.3 Å². The Bertz CT molecular complexity index is 882. The van der Waals surface area contributed by atoms with Crippen molar-refractivity contribution in [2.75, 3.05) is 18.2 Å². The van der Waals surface area contributed by atoms with E-state index in [-0.39, 0.29) is 11.7 Å². The maximum atomic E-state index is 12.1. The van der Waals surface area contributed by atoms with Gasteiger partial charge >= 0.3 is 0 Å². The lowest BCUT2D eigenvalue weighted by Crippen LogP contribution is -2.14. The molecule has 7 heteroatoms. The van der Waals surface area contributed by atoms with E-state index >= 15 is 0 Å². The van der Waals surface area contributed by atoms with Gasteiger partial charge in [-0.1, -0.05) is 52.0 Å². The zero-order valence-corrected chi connectivity index (χ0v) is 15.8. The third kappa shape index (κ3) is 4.64. The first-order valence-electron chi connectivity index (χ1n) is 7.43. The summed E-state index contributed by atoms with van der Waals surface area (Å²) in [6, 6.07) is 15.0. The summed E-state index contributed by atoms with van der Waals surface area (Å²) in [7, 11) is 1.57. The van der Waals surface area contributed by atoms with Crippen molar-refractivity contribution in [3.63, 3.8) is 0 Å². The van der Waals surface area contributed by atoms with Gasteiger partial charge in [0.05, 0.1) is 24.7 Å². The van der Waals surface area contributed by atoms with E-state index in [1.165, 1.54) is 11.8 Å². The van der Waals surface area contributed by atoms with Crippen molar-refractivity contribution in [3.05, 3.63) is 59.2 Å². The number of amides is 1. The van der Waals surface area contributed by atoms with Gasteiger partial charge in [0.15, 0.2) is 5.76 Å². The minimum Gasteiger partial charge on any atom is -0.495 e. The van der Waals surface area contributed by atoms with Crippen molar-refractivity contribution in [1.29, 1.82) is 0 Å². The highest BCUT2D eigenvalue weighted by Crippen LogP contribution is 2.28. The fraction of sp³-hybridized carbons (Fsp3) is 0.111. The van der Waals surface area contributed by atoms with Crippen LogP contribution in [0.4, 0.5) is 5.69 Å². The van der Waals surface area contributed by atoms with E-state index in [0.29, 0.717) is 22.4 Å². The van der Waals surface area contributed by atoms with Crippen molar-refractivity contribution in [3.8, 4) is 17.1 Å². The lowest BCUT2D eigenvalue weighted by molar-refractivity contribution is -0.113. The van der Waals surface area contributed by atoms with Gasteiger partial charge in [0.25, 0.3) is 5.22 Å². The highest BCUT2D eigenvalue weighted by Gasteiger charge is 2.11. The Morgan fingerprint density at radius 1 is 1.28 bits per heavy atom. The summed E-state index contributed by atoms with van der Waals surface area (Å²) in [4.78, 5) is 16.3. The SMILES string of the molecule is COc1ccccc1NC(=O)CSc1ncc(-c2cccc(Br)c2)o1. The molecule has 3 aromatic rings. The first-order valence-corrected chi connectivity index (χ1v) is 9.21. The molecule has 0 aliphatic rings. The molecule has 1 N–H and O–H groups in total. The maximum Gasteiger partial charge on any atom is 0.256 e. The number of carbonyl (C=O) groups is 1. The minimum atomic E-state index is -0.156. The molecule has 1 amide bonds. The lowest BCUT2D eigenvalue weighted by atomic mass is 10.2. The molecule has 0 bridgehead atoms. The Morgan fingerprint density at radius 3 is 2.92 bits per heavy atom. The van der Waals surface area contributed by atoms with Crippen LogP contribution in [0.5, 0.6) is 5.75 Å². The van der Waals surface area contributed by atoms with E-state index in [1.807, 2.05) is 36.4 Å². The number of benzene rings is 2. The number of para-hydroxylation sites is 2. The summed E-state index contributed by atoms with van der Waals surface area (Å²) in [5, 5.41) is 3.27. The number of aromatic nitrogens is 1. The molecular weight excluding hydrogens is 404 g/mol. The van der Waals surface area contributed by atoms with Crippen LogP contribution in [0.15, 0.2) is 68.8 Å². The number of thioether (sulfide) groups is 1. The molecule has 3 rings (SSSR count). The quantitative estimate of drug-likeness (QED) is 0.579. The van der Waals surface area contributed by atoms with Gasteiger partial charge in [-0.25, -0.2) is 4.98 Å². The van der Waals surface area contributed by atoms with Gasteiger partial charge < -0.3 is 14.5 Å². The Morgan fingerprint density at radius 2 is 2.12 bits per heavy atom. The van der Waals surface area contributed by atoms with Gasteiger partial charge in [0.2, 0.25) is 5.91 Å². The van der Waals surface area contributed by atoms with Crippen molar-refractivity contribution < 1.29 is 13.9 Å². The fourth-order valence-corrected chi connectivity index (χ4v) is 3.16. The van der Waals surface area contributed by atoms with Crippen molar-refractivity contribution in [2.45, 2.75) is 5.22 Å². The summed E-state index contributed by atoms with van der Waals surface area (Å²) in [5.74, 6) is 1.32. The van der Waals surface area contributed by atoms with Crippen LogP contribution < -0.4 is 10.1 Å². The van der Waals surface area contributed by atoms with Gasteiger partial charge in [0, 0.05) is 10.0 Å². The molecule has 0 spiro atoms. The van der Waals surface area contributed by atoms with E-state index in [1.54, 1.807) is 25.4 Å². The van der Waals surface area contributed by atoms with Crippen molar-refractivity contribution in [1.82, 2.24) is 4.98 Å². The number of nitrogens with one attached hydrogen (secondary N) is 1. The van der Waals surface area contributed by atoms with Crippen LogP contribution in [-0.4, -0.2) is 23.8 Å². The predicted molar refractivity (Wildman–Crippen MR) is 102 cm³/mol. The van der Waals surface area contributed by atoms with E-state index in [4.69, 9.17) is 9.15 Å². The second-order valence-corrected chi connectivity index (χ2v) is 6.88. The molecule has 0 unspecified atom stereocenters. The summed E-state index contributed by atoms with van der Waals surface area (Å²) in [6.07, 6.45) is 1.65. The lowest BCUT2D eigenvalue weighted by Gasteiger charge is -2.08. The average Bonchev–Trinajstić information content (AvgIpc) is 3.09. The van der Waals surface area contributed by atoms with Crippen LogP contribution in [0.1, 0.15) is 0 Å². The number of rotatable bonds is 6. The summed E-state index contributed by atoms with van der Waals surface area (Å²) < 4.78 is 11.9. The molecule has 0 atom stereocenters. The molecule has 0 fully saturated rings. The number of methoxy groups -OCH3 is 1. The van der Waals surface area contributed by atoms with Crippen LogP contribution >= 0.6 is 27.7 Å². The Hall–Kier alpha value is -2.25. The van der Waals surface area contributed by atoms with E-state index in [2.05, 4.69) is 26.2 Å². The van der Waals surface area contributed by atoms with Crippen molar-refractivity contribution >= 4 is 39.3 Å². The number of nitrogens with zero attached hydrogens (tertiary/aromatic N) is 1. The highest BCUT2D eigenvalue weighted by atomic mass is 79.9. The largest absolute Gasteiger partial charge is 0.495 e. The van der Waals surface area contributed by atoms with E-state index in [9.17, 15) is 4.79 Å². The Balaban J connectivity index is 1.59. The Kier molecular flexibility index (Phi) is 5.78. The smallest absolute Gasteiger partial charge is 0.256 e. The molecule has 2 aromatic carbocycles. The van der Waals surface area contributed by atoms with Gasteiger partial charge in [0.1, 0.15) is 5.75 Å². The number of hydrogen-bond donors (Lipinski definition) is 1. The predicted octanol–water partition coefficient (Wildman–Crippen LogP) is 4.84. The normalized spacial score (nSPS) is 10.5. The molecule has 5 nitrogen and oxygen atoms in total. The number of carbonyl (C=O) groups excluding carboxylic acids is 1.